The van der Waals surface area contributed by atoms with E-state index in [0.717, 1.165) is 22.3 Å². The zero-order valence-corrected chi connectivity index (χ0v) is 14.0. The summed E-state index contributed by atoms with van der Waals surface area (Å²) >= 11 is 0. The molecule has 2 rings (SSSR count). The number of nitrogens with one attached hydrogen (secondary N) is 1. The minimum absolute atomic E-state index is 0.128. The molecule has 0 unspecified atom stereocenters. The number of hydrogen-bond donors (Lipinski definition) is 1. The topological polar surface area (TPSA) is 68.2 Å². The van der Waals surface area contributed by atoms with Gasteiger partial charge >= 0.3 is 0 Å². The number of sulfonamides is 1. The van der Waals surface area contributed by atoms with Crippen molar-refractivity contribution in [3.63, 3.8) is 0 Å². The lowest BCUT2D eigenvalue weighted by molar-refractivity contribution is 0.579. The monoisotopic (exact) mass is 320 g/mol. The molecular formula is C16H20N2O3S. The van der Waals surface area contributed by atoms with Crippen LogP contribution in [0.3, 0.4) is 0 Å². The molecule has 0 saturated carbocycles. The summed E-state index contributed by atoms with van der Waals surface area (Å²) in [6.45, 7) is 5.67. The van der Waals surface area contributed by atoms with Gasteiger partial charge in [-0.1, -0.05) is 23.8 Å². The molecule has 22 heavy (non-hydrogen) atoms. The average molecular weight is 320 g/mol. The van der Waals surface area contributed by atoms with Crippen LogP contribution < -0.4 is 10.3 Å². The van der Waals surface area contributed by atoms with Gasteiger partial charge in [0.2, 0.25) is 15.6 Å². The quantitative estimate of drug-likeness (QED) is 0.934. The van der Waals surface area contributed by atoms with Crippen molar-refractivity contribution in [3.05, 3.63) is 63.1 Å². The van der Waals surface area contributed by atoms with Crippen LogP contribution in [0.1, 0.15) is 22.3 Å². The van der Waals surface area contributed by atoms with Crippen LogP contribution in [-0.2, 0) is 23.6 Å². The van der Waals surface area contributed by atoms with E-state index in [9.17, 15) is 13.2 Å². The summed E-state index contributed by atoms with van der Waals surface area (Å²) in [6.07, 6.45) is 1.62. The Hall–Kier alpha value is -1.92. The number of nitrogens with zero attached hydrogens (tertiary/aromatic N) is 1. The first kappa shape index (κ1) is 16.5. The summed E-state index contributed by atoms with van der Waals surface area (Å²) in [5, 5.41) is 0. The molecular weight excluding hydrogens is 300 g/mol. The van der Waals surface area contributed by atoms with Gasteiger partial charge in [-0.05, 0) is 37.5 Å². The number of rotatable bonds is 4. The summed E-state index contributed by atoms with van der Waals surface area (Å²) in [5.74, 6) is 0. The SMILES string of the molecule is Cc1cc(C)c(S(=O)(=O)NCc2ccc(=O)n(C)c2)c(C)c1. The van der Waals surface area contributed by atoms with Gasteiger partial charge < -0.3 is 4.57 Å². The fraction of sp³-hybridized carbons (Fsp3) is 0.312. The second-order valence-electron chi connectivity index (χ2n) is 5.54. The first-order chi connectivity index (χ1) is 10.2. The molecule has 0 amide bonds. The Morgan fingerprint density at radius 3 is 2.23 bits per heavy atom. The van der Waals surface area contributed by atoms with Crippen molar-refractivity contribution in [3.8, 4) is 0 Å². The zero-order chi connectivity index (χ0) is 16.5. The van der Waals surface area contributed by atoms with Crippen LogP contribution in [0, 0.1) is 20.8 Å². The van der Waals surface area contributed by atoms with Gasteiger partial charge in [-0.15, -0.1) is 0 Å². The normalized spacial score (nSPS) is 11.6. The maximum absolute atomic E-state index is 12.5. The Balaban J connectivity index is 2.29. The van der Waals surface area contributed by atoms with E-state index in [1.807, 2.05) is 19.1 Å². The molecule has 6 heteroatoms. The van der Waals surface area contributed by atoms with Crippen LogP contribution >= 0.6 is 0 Å². The molecule has 2 aromatic rings. The third-order valence-corrected chi connectivity index (χ3v) is 5.19. The molecule has 0 saturated heterocycles. The van der Waals surface area contributed by atoms with E-state index >= 15 is 0 Å². The van der Waals surface area contributed by atoms with Gasteiger partial charge in [-0.25, -0.2) is 13.1 Å². The van der Waals surface area contributed by atoms with Crippen molar-refractivity contribution < 1.29 is 8.42 Å². The van der Waals surface area contributed by atoms with Gasteiger partial charge in [0.25, 0.3) is 0 Å². The van der Waals surface area contributed by atoms with Crippen LogP contribution in [-0.4, -0.2) is 13.0 Å². The summed E-state index contributed by atoms with van der Waals surface area (Å²) in [5.41, 5.74) is 3.09. The van der Waals surface area contributed by atoms with Crippen molar-refractivity contribution in [2.45, 2.75) is 32.2 Å². The summed E-state index contributed by atoms with van der Waals surface area (Å²) in [6, 6.07) is 6.76. The van der Waals surface area contributed by atoms with Gasteiger partial charge in [0, 0.05) is 25.9 Å². The zero-order valence-electron chi connectivity index (χ0n) is 13.2. The van der Waals surface area contributed by atoms with Gasteiger partial charge in [0.15, 0.2) is 0 Å². The first-order valence-corrected chi connectivity index (χ1v) is 8.42. The maximum Gasteiger partial charge on any atom is 0.250 e. The number of pyridine rings is 1. The van der Waals surface area contributed by atoms with E-state index in [4.69, 9.17) is 0 Å². The summed E-state index contributed by atoms with van der Waals surface area (Å²) in [4.78, 5) is 11.7. The number of hydrogen-bond acceptors (Lipinski definition) is 3. The average Bonchev–Trinajstić information content (AvgIpc) is 2.38. The molecule has 1 heterocycles. The van der Waals surface area contributed by atoms with Gasteiger partial charge in [-0.3, -0.25) is 4.79 Å². The van der Waals surface area contributed by atoms with Crippen molar-refractivity contribution >= 4 is 10.0 Å². The Morgan fingerprint density at radius 2 is 1.68 bits per heavy atom. The van der Waals surface area contributed by atoms with Gasteiger partial charge in [0.1, 0.15) is 0 Å². The highest BCUT2D eigenvalue weighted by Crippen LogP contribution is 2.21. The number of aryl methyl sites for hydroxylation is 4. The number of aromatic nitrogens is 1. The largest absolute Gasteiger partial charge is 0.318 e. The van der Waals surface area contributed by atoms with E-state index in [1.165, 1.54) is 10.6 Å². The Morgan fingerprint density at radius 1 is 1.09 bits per heavy atom. The van der Waals surface area contributed by atoms with E-state index in [2.05, 4.69) is 4.72 Å². The lowest BCUT2D eigenvalue weighted by Gasteiger charge is -2.13. The molecule has 118 valence electrons. The van der Waals surface area contributed by atoms with E-state index in [-0.39, 0.29) is 12.1 Å². The third-order valence-electron chi connectivity index (χ3n) is 3.49. The smallest absolute Gasteiger partial charge is 0.250 e. The molecule has 5 nitrogen and oxygen atoms in total. The van der Waals surface area contributed by atoms with E-state index < -0.39 is 10.0 Å². The lowest BCUT2D eigenvalue weighted by Crippen LogP contribution is -2.26. The van der Waals surface area contributed by atoms with Crippen LogP contribution in [0.2, 0.25) is 0 Å². The Bertz CT molecular complexity index is 844. The lowest BCUT2D eigenvalue weighted by atomic mass is 10.1. The molecule has 0 aliphatic heterocycles. The molecule has 0 aliphatic carbocycles. The Labute approximate surface area is 130 Å². The second kappa shape index (κ2) is 6.06. The molecule has 0 aliphatic rings. The third kappa shape index (κ3) is 3.45. The molecule has 0 radical (unpaired) electrons. The van der Waals surface area contributed by atoms with Crippen LogP contribution in [0.15, 0.2) is 40.2 Å². The summed E-state index contributed by atoms with van der Waals surface area (Å²) < 4.78 is 29.1. The van der Waals surface area contributed by atoms with Crippen LogP contribution in [0.25, 0.3) is 0 Å². The fourth-order valence-corrected chi connectivity index (χ4v) is 4.06. The predicted molar refractivity (Wildman–Crippen MR) is 86.4 cm³/mol. The van der Waals surface area contributed by atoms with Crippen LogP contribution in [0.4, 0.5) is 0 Å². The van der Waals surface area contributed by atoms with Crippen LogP contribution in [0.5, 0.6) is 0 Å². The van der Waals surface area contributed by atoms with Crippen molar-refractivity contribution in [2.75, 3.05) is 0 Å². The maximum atomic E-state index is 12.5. The predicted octanol–water partition coefficient (Wildman–Crippen LogP) is 1.79. The molecule has 1 aromatic heterocycles. The number of benzene rings is 1. The minimum Gasteiger partial charge on any atom is -0.318 e. The molecule has 0 bridgehead atoms. The van der Waals surface area contributed by atoms with Crippen molar-refractivity contribution in [1.82, 2.24) is 9.29 Å². The highest BCUT2D eigenvalue weighted by Gasteiger charge is 2.19. The van der Waals surface area contributed by atoms with Gasteiger partial charge in [-0.2, -0.15) is 0 Å². The molecule has 0 fully saturated rings. The highest BCUT2D eigenvalue weighted by molar-refractivity contribution is 7.89. The fourth-order valence-electron chi connectivity index (χ4n) is 2.60. The molecule has 0 spiro atoms. The van der Waals surface area contributed by atoms with E-state index in [0.29, 0.717) is 4.90 Å². The molecule has 1 aromatic carbocycles. The first-order valence-electron chi connectivity index (χ1n) is 6.94. The summed E-state index contributed by atoms with van der Waals surface area (Å²) in [7, 11) is -1.96. The molecule has 1 N–H and O–H groups in total. The minimum atomic E-state index is -3.60. The molecule has 0 atom stereocenters. The highest BCUT2D eigenvalue weighted by atomic mass is 32.2. The second-order valence-corrected chi connectivity index (χ2v) is 7.24. The van der Waals surface area contributed by atoms with Crippen molar-refractivity contribution in [1.29, 1.82) is 0 Å². The van der Waals surface area contributed by atoms with Crippen molar-refractivity contribution in [2.24, 2.45) is 7.05 Å². The Kier molecular flexibility index (Phi) is 4.53. The van der Waals surface area contributed by atoms with E-state index in [1.54, 1.807) is 33.2 Å². The van der Waals surface area contributed by atoms with Gasteiger partial charge in [0.05, 0.1) is 4.90 Å². The standard InChI is InChI=1S/C16H20N2O3S/c1-11-7-12(2)16(13(3)8-11)22(20,21)17-9-14-5-6-15(19)18(4)10-14/h5-8,10,17H,9H2,1-4H3.